The second-order valence-electron chi connectivity index (χ2n) is 3.14. The number of aliphatic hydroxyl groups is 2. The molecule has 0 unspecified atom stereocenters. The Morgan fingerprint density at radius 2 is 2.24 bits per heavy atom. The second-order valence-corrected chi connectivity index (χ2v) is 3.79. The van der Waals surface area contributed by atoms with E-state index in [2.05, 4.69) is 26.0 Å². The molecule has 1 atom stereocenters. The number of nitrogens with two attached hydrogens (primary N) is 1. The molecule has 17 heavy (non-hydrogen) atoms. The first kappa shape index (κ1) is 14.0. The predicted molar refractivity (Wildman–Crippen MR) is 60.4 cm³/mol. The highest BCUT2D eigenvalue weighted by Gasteiger charge is 2.18. The fourth-order valence-corrected chi connectivity index (χ4v) is 1.51. The molecule has 1 aromatic heterocycles. The van der Waals surface area contributed by atoms with Gasteiger partial charge in [0.2, 0.25) is 5.82 Å². The number of primary amides is 1. The van der Waals surface area contributed by atoms with E-state index < -0.39 is 18.2 Å². The van der Waals surface area contributed by atoms with Crippen LogP contribution in [0.3, 0.4) is 0 Å². The summed E-state index contributed by atoms with van der Waals surface area (Å²) in [4.78, 5) is 14.5. The smallest absolute Gasteiger partial charge is 0.288 e. The molecule has 1 aromatic rings. The molecule has 0 spiro atoms. The third-order valence-corrected chi connectivity index (χ3v) is 2.47. The number of nitrogens with zero attached hydrogens (tertiary/aromatic N) is 3. The van der Waals surface area contributed by atoms with Crippen LogP contribution in [0.2, 0.25) is 0 Å². The number of alkyl halides is 1. The monoisotopic (exact) mass is 308 g/mol. The van der Waals surface area contributed by atoms with Crippen molar-refractivity contribution in [1.82, 2.24) is 14.8 Å². The van der Waals surface area contributed by atoms with Crippen LogP contribution in [0.1, 0.15) is 16.8 Å². The number of rotatable bonds is 7. The van der Waals surface area contributed by atoms with Crippen molar-refractivity contribution >= 4 is 21.8 Å². The number of amides is 1. The van der Waals surface area contributed by atoms with Crippen LogP contribution in [0.25, 0.3) is 0 Å². The Morgan fingerprint density at radius 1 is 1.59 bits per heavy atom. The summed E-state index contributed by atoms with van der Waals surface area (Å²) in [6.45, 7) is -0.644. The van der Waals surface area contributed by atoms with E-state index in [1.807, 2.05) is 0 Å². The maximum atomic E-state index is 10.8. The SMILES string of the molecule is NC(=O)c1ncn([C@@H](CBr)OC(CO)CO)n1. The number of carbonyl (C=O) groups is 1. The quantitative estimate of drug-likeness (QED) is 0.535. The van der Waals surface area contributed by atoms with Crippen LogP contribution in [0.4, 0.5) is 0 Å². The second kappa shape index (κ2) is 6.64. The summed E-state index contributed by atoms with van der Waals surface area (Å²) in [7, 11) is 0. The van der Waals surface area contributed by atoms with Crippen LogP contribution in [0, 0.1) is 0 Å². The lowest BCUT2D eigenvalue weighted by atomic mass is 10.4. The van der Waals surface area contributed by atoms with Gasteiger partial charge >= 0.3 is 0 Å². The molecular formula is C8H13BrN4O4. The van der Waals surface area contributed by atoms with Crippen LogP contribution in [0.15, 0.2) is 6.33 Å². The fraction of sp³-hybridized carbons (Fsp3) is 0.625. The number of aromatic nitrogens is 3. The number of halogens is 1. The Bertz CT molecular complexity index is 368. The van der Waals surface area contributed by atoms with Crippen molar-refractivity contribution in [2.24, 2.45) is 5.73 Å². The van der Waals surface area contributed by atoms with Crippen molar-refractivity contribution in [3.05, 3.63) is 12.2 Å². The highest BCUT2D eigenvalue weighted by Crippen LogP contribution is 2.13. The Kier molecular flexibility index (Phi) is 5.48. The van der Waals surface area contributed by atoms with Crippen molar-refractivity contribution in [3.63, 3.8) is 0 Å². The maximum Gasteiger partial charge on any atom is 0.288 e. The average molecular weight is 309 g/mol. The Hall–Kier alpha value is -1.03. The molecule has 9 heteroatoms. The topological polar surface area (TPSA) is 123 Å². The number of carbonyl (C=O) groups excluding carboxylic acids is 1. The van der Waals surface area contributed by atoms with Gasteiger partial charge in [0.25, 0.3) is 5.91 Å². The summed E-state index contributed by atoms with van der Waals surface area (Å²) in [5.41, 5.74) is 5.01. The molecule has 1 amide bonds. The largest absolute Gasteiger partial charge is 0.394 e. The third kappa shape index (κ3) is 3.73. The van der Waals surface area contributed by atoms with Gasteiger partial charge in [-0.2, -0.15) is 0 Å². The van der Waals surface area contributed by atoms with E-state index in [1.54, 1.807) is 0 Å². The molecule has 0 radical (unpaired) electrons. The number of hydrogen-bond donors (Lipinski definition) is 3. The summed E-state index contributed by atoms with van der Waals surface area (Å²) in [6, 6.07) is 0. The zero-order valence-electron chi connectivity index (χ0n) is 8.86. The highest BCUT2D eigenvalue weighted by atomic mass is 79.9. The summed E-state index contributed by atoms with van der Waals surface area (Å²) in [5.74, 6) is -0.859. The minimum atomic E-state index is -0.738. The van der Waals surface area contributed by atoms with E-state index in [9.17, 15) is 4.79 Å². The fourth-order valence-electron chi connectivity index (χ4n) is 1.06. The zero-order valence-corrected chi connectivity index (χ0v) is 10.4. The Balaban J connectivity index is 2.75. The van der Waals surface area contributed by atoms with Gasteiger partial charge in [-0.15, -0.1) is 5.10 Å². The Labute approximate surface area is 106 Å². The summed E-state index contributed by atoms with van der Waals surface area (Å²) >= 11 is 3.19. The lowest BCUT2D eigenvalue weighted by Crippen LogP contribution is -2.28. The lowest BCUT2D eigenvalue weighted by Gasteiger charge is -2.20. The molecule has 0 aliphatic heterocycles. The van der Waals surface area contributed by atoms with Gasteiger partial charge in [0.15, 0.2) is 6.23 Å². The Morgan fingerprint density at radius 3 is 2.65 bits per heavy atom. The van der Waals surface area contributed by atoms with Gasteiger partial charge in [-0.05, 0) is 0 Å². The minimum absolute atomic E-state index is 0.121. The first-order valence-electron chi connectivity index (χ1n) is 4.76. The summed E-state index contributed by atoms with van der Waals surface area (Å²) in [6.07, 6.45) is -0.0312. The van der Waals surface area contributed by atoms with Crippen molar-refractivity contribution in [1.29, 1.82) is 0 Å². The molecule has 4 N–H and O–H groups in total. The van der Waals surface area contributed by atoms with E-state index in [1.165, 1.54) is 11.0 Å². The van der Waals surface area contributed by atoms with Gasteiger partial charge in [0, 0.05) is 0 Å². The molecule has 0 saturated carbocycles. The highest BCUT2D eigenvalue weighted by molar-refractivity contribution is 9.09. The average Bonchev–Trinajstić information content (AvgIpc) is 2.80. The standard InChI is InChI=1S/C8H13BrN4O4/c9-1-6(17-5(2-14)3-15)13-4-11-8(12-13)7(10)16/h4-6,14-15H,1-3H2,(H2,10,16)/t6-/m1/s1. The van der Waals surface area contributed by atoms with E-state index in [0.717, 1.165) is 0 Å². The van der Waals surface area contributed by atoms with Gasteiger partial charge in [-0.1, -0.05) is 15.9 Å². The van der Waals surface area contributed by atoms with Gasteiger partial charge < -0.3 is 20.7 Å². The molecule has 96 valence electrons. The molecule has 0 bridgehead atoms. The van der Waals surface area contributed by atoms with Crippen LogP contribution < -0.4 is 5.73 Å². The van der Waals surface area contributed by atoms with Crippen molar-refractivity contribution < 1.29 is 19.7 Å². The van der Waals surface area contributed by atoms with Crippen LogP contribution in [0.5, 0.6) is 0 Å². The minimum Gasteiger partial charge on any atom is -0.394 e. The lowest BCUT2D eigenvalue weighted by molar-refractivity contribution is -0.0872. The third-order valence-electron chi connectivity index (χ3n) is 1.91. The molecular weight excluding hydrogens is 296 g/mol. The number of ether oxygens (including phenoxy) is 1. The van der Waals surface area contributed by atoms with Crippen molar-refractivity contribution in [3.8, 4) is 0 Å². The molecule has 0 fully saturated rings. The zero-order chi connectivity index (χ0) is 12.8. The summed E-state index contributed by atoms with van der Waals surface area (Å²) in [5, 5.41) is 21.9. The van der Waals surface area contributed by atoms with Gasteiger partial charge in [-0.3, -0.25) is 4.79 Å². The normalized spacial score (nSPS) is 12.9. The van der Waals surface area contributed by atoms with Gasteiger partial charge in [-0.25, -0.2) is 9.67 Å². The van der Waals surface area contributed by atoms with E-state index in [0.29, 0.717) is 5.33 Å². The predicted octanol–water partition coefficient (Wildman–Crippen LogP) is -1.36. The molecule has 1 heterocycles. The molecule has 8 nitrogen and oxygen atoms in total. The first-order chi connectivity index (χ1) is 8.12. The van der Waals surface area contributed by atoms with Crippen molar-refractivity contribution in [2.75, 3.05) is 18.5 Å². The number of hydrogen-bond acceptors (Lipinski definition) is 6. The van der Waals surface area contributed by atoms with Crippen LogP contribution >= 0.6 is 15.9 Å². The summed E-state index contributed by atoms with van der Waals surface area (Å²) < 4.78 is 6.62. The molecule has 0 aliphatic rings. The van der Waals surface area contributed by atoms with Crippen LogP contribution in [-0.2, 0) is 4.74 Å². The van der Waals surface area contributed by atoms with Crippen molar-refractivity contribution in [2.45, 2.75) is 12.3 Å². The number of aliphatic hydroxyl groups excluding tert-OH is 2. The first-order valence-corrected chi connectivity index (χ1v) is 5.88. The molecule has 0 aliphatic carbocycles. The van der Waals surface area contributed by atoms with E-state index in [-0.39, 0.29) is 19.0 Å². The van der Waals surface area contributed by atoms with E-state index >= 15 is 0 Å². The molecule has 0 saturated heterocycles. The van der Waals surface area contributed by atoms with Gasteiger partial charge in [0.05, 0.1) is 18.5 Å². The van der Waals surface area contributed by atoms with E-state index in [4.69, 9.17) is 20.7 Å². The molecule has 0 aromatic carbocycles. The maximum absolute atomic E-state index is 10.8. The van der Waals surface area contributed by atoms with Gasteiger partial charge in [0.1, 0.15) is 12.4 Å². The molecule has 1 rings (SSSR count). The van der Waals surface area contributed by atoms with Crippen LogP contribution in [-0.4, -0.2) is 55.5 Å².